The van der Waals surface area contributed by atoms with Crippen molar-refractivity contribution in [2.75, 3.05) is 6.61 Å². The summed E-state index contributed by atoms with van der Waals surface area (Å²) in [6, 6.07) is 15.5. The summed E-state index contributed by atoms with van der Waals surface area (Å²) in [6.45, 7) is 3.85. The van der Waals surface area contributed by atoms with Gasteiger partial charge in [0.25, 0.3) is 0 Å². The average molecular weight is 338 g/mol. The molecule has 2 aromatic rings. The first kappa shape index (κ1) is 17.0. The molecule has 0 spiro atoms. The minimum Gasteiger partial charge on any atom is -0.449 e. The van der Waals surface area contributed by atoms with Crippen LogP contribution in [0.3, 0.4) is 0 Å². The second-order valence-electron chi connectivity index (χ2n) is 6.59. The van der Waals surface area contributed by atoms with Crippen molar-refractivity contribution in [1.29, 1.82) is 0 Å². The first-order valence-electron chi connectivity index (χ1n) is 8.40. The molecular formula is C20H22N2O3. The Morgan fingerprint density at radius 2 is 1.56 bits per heavy atom. The van der Waals surface area contributed by atoms with Gasteiger partial charge in [0, 0.05) is 5.92 Å². The summed E-state index contributed by atoms with van der Waals surface area (Å²) in [7, 11) is 0. The van der Waals surface area contributed by atoms with Gasteiger partial charge < -0.3 is 15.8 Å². The van der Waals surface area contributed by atoms with Gasteiger partial charge in [0.1, 0.15) is 12.6 Å². The molecule has 0 heterocycles. The first-order chi connectivity index (χ1) is 12.0. The van der Waals surface area contributed by atoms with Crippen LogP contribution in [0.4, 0.5) is 4.79 Å². The van der Waals surface area contributed by atoms with Crippen molar-refractivity contribution in [2.45, 2.75) is 25.8 Å². The second kappa shape index (κ2) is 6.97. The summed E-state index contributed by atoms with van der Waals surface area (Å²) in [4.78, 5) is 23.5. The van der Waals surface area contributed by atoms with Crippen LogP contribution in [0.25, 0.3) is 11.1 Å². The minimum atomic E-state index is -0.740. The van der Waals surface area contributed by atoms with Crippen LogP contribution >= 0.6 is 0 Å². The zero-order valence-electron chi connectivity index (χ0n) is 14.4. The quantitative estimate of drug-likeness (QED) is 0.879. The van der Waals surface area contributed by atoms with E-state index in [0.29, 0.717) is 0 Å². The summed E-state index contributed by atoms with van der Waals surface area (Å²) in [6.07, 6.45) is -0.626. The van der Waals surface area contributed by atoms with Crippen molar-refractivity contribution in [3.8, 4) is 11.1 Å². The molecule has 1 aliphatic rings. The zero-order chi connectivity index (χ0) is 18.0. The Kier molecular flexibility index (Phi) is 4.74. The monoisotopic (exact) mass is 338 g/mol. The molecule has 25 heavy (non-hydrogen) atoms. The second-order valence-corrected chi connectivity index (χ2v) is 6.59. The molecule has 0 fully saturated rings. The molecule has 3 N–H and O–H groups in total. The van der Waals surface area contributed by atoms with Crippen LogP contribution in [0.2, 0.25) is 0 Å². The van der Waals surface area contributed by atoms with Crippen molar-refractivity contribution >= 4 is 12.0 Å². The smallest absolute Gasteiger partial charge is 0.407 e. The van der Waals surface area contributed by atoms with E-state index >= 15 is 0 Å². The molecule has 2 amide bonds. The third-order valence-electron chi connectivity index (χ3n) is 4.59. The third-order valence-corrected chi connectivity index (χ3v) is 4.59. The molecule has 0 radical (unpaired) electrons. The van der Waals surface area contributed by atoms with Crippen LogP contribution in [0.15, 0.2) is 48.5 Å². The van der Waals surface area contributed by atoms with Crippen molar-refractivity contribution in [3.63, 3.8) is 0 Å². The highest BCUT2D eigenvalue weighted by Gasteiger charge is 2.29. The van der Waals surface area contributed by atoms with E-state index in [4.69, 9.17) is 10.5 Å². The summed E-state index contributed by atoms with van der Waals surface area (Å²) < 4.78 is 5.41. The van der Waals surface area contributed by atoms with Crippen LogP contribution in [-0.4, -0.2) is 24.6 Å². The summed E-state index contributed by atoms with van der Waals surface area (Å²) in [5, 5.41) is 2.55. The Hall–Kier alpha value is -2.82. The maximum Gasteiger partial charge on any atom is 0.407 e. The van der Waals surface area contributed by atoms with E-state index in [1.165, 1.54) is 11.1 Å². The molecule has 5 nitrogen and oxygen atoms in total. The molecule has 0 saturated carbocycles. The van der Waals surface area contributed by atoms with Crippen LogP contribution in [0.1, 0.15) is 30.9 Å². The lowest BCUT2D eigenvalue weighted by Crippen LogP contribution is -2.48. The molecule has 130 valence electrons. The number of nitrogens with one attached hydrogen (secondary N) is 1. The Bertz CT molecular complexity index is 756. The molecule has 0 bridgehead atoms. The molecule has 0 unspecified atom stereocenters. The van der Waals surface area contributed by atoms with Gasteiger partial charge in [-0.1, -0.05) is 62.4 Å². The number of carbonyl (C=O) groups excluding carboxylic acids is 2. The molecule has 0 saturated heterocycles. The number of nitrogens with two attached hydrogens (primary N) is 1. The van der Waals surface area contributed by atoms with Crippen LogP contribution < -0.4 is 11.1 Å². The lowest BCUT2D eigenvalue weighted by molar-refractivity contribution is -0.120. The molecule has 0 aliphatic heterocycles. The average Bonchev–Trinajstić information content (AvgIpc) is 2.91. The number of rotatable bonds is 5. The number of benzene rings is 2. The minimum absolute atomic E-state index is 0.00997. The van der Waals surface area contributed by atoms with E-state index in [-0.39, 0.29) is 18.4 Å². The lowest BCUT2D eigenvalue weighted by atomic mass is 9.98. The standard InChI is InChI=1S/C20H22N2O3/c1-12(2)18(19(21)23)22-20(24)25-11-17-15-9-5-3-7-13(15)14-8-4-6-10-16(14)17/h3-10,12,17-18H,11H2,1-2H3,(H2,21,23)(H,22,24)/t18-/m1/s1. The van der Waals surface area contributed by atoms with E-state index in [1.54, 1.807) is 0 Å². The summed E-state index contributed by atoms with van der Waals surface area (Å²) in [5.74, 6) is -0.675. The van der Waals surface area contributed by atoms with E-state index in [0.717, 1.165) is 11.1 Å². The number of primary amides is 1. The number of hydrogen-bond acceptors (Lipinski definition) is 3. The fourth-order valence-corrected chi connectivity index (χ4v) is 3.33. The molecule has 1 aliphatic carbocycles. The van der Waals surface area contributed by atoms with Crippen LogP contribution in [-0.2, 0) is 9.53 Å². The van der Waals surface area contributed by atoms with Crippen LogP contribution in [0, 0.1) is 5.92 Å². The number of fused-ring (bicyclic) bond motifs is 3. The fraction of sp³-hybridized carbons (Fsp3) is 0.300. The highest BCUT2D eigenvalue weighted by atomic mass is 16.5. The van der Waals surface area contributed by atoms with Crippen molar-refractivity contribution in [2.24, 2.45) is 11.7 Å². The maximum absolute atomic E-state index is 12.1. The zero-order valence-corrected chi connectivity index (χ0v) is 14.4. The van der Waals surface area contributed by atoms with Crippen molar-refractivity contribution in [1.82, 2.24) is 5.32 Å². The van der Waals surface area contributed by atoms with Gasteiger partial charge in [0.2, 0.25) is 5.91 Å². The van der Waals surface area contributed by atoms with Gasteiger partial charge in [-0.05, 0) is 28.2 Å². The van der Waals surface area contributed by atoms with Gasteiger partial charge in [-0.2, -0.15) is 0 Å². The lowest BCUT2D eigenvalue weighted by Gasteiger charge is -2.20. The number of ether oxygens (including phenoxy) is 1. The van der Waals surface area contributed by atoms with Crippen molar-refractivity contribution < 1.29 is 14.3 Å². The van der Waals surface area contributed by atoms with Gasteiger partial charge >= 0.3 is 6.09 Å². The molecule has 0 aromatic heterocycles. The summed E-state index contributed by atoms with van der Waals surface area (Å²) >= 11 is 0. The number of hydrogen-bond donors (Lipinski definition) is 2. The Morgan fingerprint density at radius 1 is 1.04 bits per heavy atom. The van der Waals surface area contributed by atoms with Gasteiger partial charge in [-0.15, -0.1) is 0 Å². The Labute approximate surface area is 147 Å². The van der Waals surface area contributed by atoms with E-state index < -0.39 is 18.0 Å². The third kappa shape index (κ3) is 3.36. The van der Waals surface area contributed by atoms with E-state index in [9.17, 15) is 9.59 Å². The SMILES string of the molecule is CC(C)[C@@H](NC(=O)OCC1c2ccccc2-c2ccccc21)C(N)=O. The van der Waals surface area contributed by atoms with E-state index in [1.807, 2.05) is 38.1 Å². The number of alkyl carbamates (subject to hydrolysis) is 1. The maximum atomic E-state index is 12.1. The highest BCUT2D eigenvalue weighted by Crippen LogP contribution is 2.44. The largest absolute Gasteiger partial charge is 0.449 e. The van der Waals surface area contributed by atoms with Crippen LogP contribution in [0.5, 0.6) is 0 Å². The molecule has 3 rings (SSSR count). The molecular weight excluding hydrogens is 316 g/mol. The van der Waals surface area contributed by atoms with Gasteiger partial charge in [0.15, 0.2) is 0 Å². The Balaban J connectivity index is 1.73. The molecule has 2 aromatic carbocycles. The van der Waals surface area contributed by atoms with Gasteiger partial charge in [-0.3, -0.25) is 4.79 Å². The van der Waals surface area contributed by atoms with Gasteiger partial charge in [-0.25, -0.2) is 4.79 Å². The predicted molar refractivity (Wildman–Crippen MR) is 96.0 cm³/mol. The first-order valence-corrected chi connectivity index (χ1v) is 8.40. The van der Waals surface area contributed by atoms with Gasteiger partial charge in [0.05, 0.1) is 0 Å². The van der Waals surface area contributed by atoms with Crippen molar-refractivity contribution in [3.05, 3.63) is 59.7 Å². The fourth-order valence-electron chi connectivity index (χ4n) is 3.33. The summed E-state index contributed by atoms with van der Waals surface area (Å²) in [5.41, 5.74) is 9.95. The van der Waals surface area contributed by atoms with E-state index in [2.05, 4.69) is 29.6 Å². The topological polar surface area (TPSA) is 81.4 Å². The number of carbonyl (C=O) groups is 2. The Morgan fingerprint density at radius 3 is 2.04 bits per heavy atom. The predicted octanol–water partition coefficient (Wildman–Crippen LogP) is 3.04. The normalized spacial score (nSPS) is 13.9. The number of amides is 2. The highest BCUT2D eigenvalue weighted by molar-refractivity contribution is 5.84. The molecule has 1 atom stereocenters. The molecule has 5 heteroatoms.